The summed E-state index contributed by atoms with van der Waals surface area (Å²) in [5, 5.41) is 3.56. The van der Waals surface area contributed by atoms with Gasteiger partial charge in [0.2, 0.25) is 0 Å². The first-order valence-corrected chi connectivity index (χ1v) is 8.07. The van der Waals surface area contributed by atoms with Gasteiger partial charge in [-0.2, -0.15) is 0 Å². The lowest BCUT2D eigenvalue weighted by Gasteiger charge is -2.22. The molecule has 0 saturated heterocycles. The smallest absolute Gasteiger partial charge is 0.126 e. The van der Waals surface area contributed by atoms with E-state index in [1.807, 2.05) is 12.1 Å². The first kappa shape index (κ1) is 16.2. The molecule has 0 bridgehead atoms. The van der Waals surface area contributed by atoms with Crippen molar-refractivity contribution in [3.05, 3.63) is 68.9 Å². The normalized spacial score (nSPS) is 12.4. The molecule has 0 saturated carbocycles. The number of halogens is 2. The van der Waals surface area contributed by atoms with Gasteiger partial charge < -0.3 is 5.32 Å². The van der Waals surface area contributed by atoms with Gasteiger partial charge in [0.05, 0.1) is 6.04 Å². The lowest BCUT2D eigenvalue weighted by atomic mass is 9.96. The molecule has 2 aromatic carbocycles. The summed E-state index contributed by atoms with van der Waals surface area (Å²) in [6.07, 6.45) is 1.06. The first-order valence-electron chi connectivity index (χ1n) is 7.28. The predicted octanol–water partition coefficient (Wildman–Crippen LogP) is 5.29. The highest BCUT2D eigenvalue weighted by Crippen LogP contribution is 2.30. The average molecular weight is 350 g/mol. The molecule has 2 rings (SSSR count). The van der Waals surface area contributed by atoms with Gasteiger partial charge in [-0.25, -0.2) is 4.39 Å². The van der Waals surface area contributed by atoms with Crippen LogP contribution in [0.4, 0.5) is 4.39 Å². The summed E-state index contributed by atoms with van der Waals surface area (Å²) in [4.78, 5) is 0. The molecule has 0 aliphatic rings. The Balaban J connectivity index is 2.44. The quantitative estimate of drug-likeness (QED) is 0.772. The van der Waals surface area contributed by atoms with Gasteiger partial charge in [-0.15, -0.1) is 0 Å². The molecule has 0 aliphatic heterocycles. The highest BCUT2D eigenvalue weighted by molar-refractivity contribution is 9.10. The number of hydrogen-bond donors (Lipinski definition) is 1. The predicted molar refractivity (Wildman–Crippen MR) is 90.2 cm³/mol. The fraction of sp³-hybridized carbons (Fsp3) is 0.333. The fourth-order valence-electron chi connectivity index (χ4n) is 2.41. The molecule has 2 aromatic rings. The van der Waals surface area contributed by atoms with Crippen molar-refractivity contribution in [3.63, 3.8) is 0 Å². The van der Waals surface area contributed by atoms with Crippen molar-refractivity contribution in [3.8, 4) is 0 Å². The summed E-state index contributed by atoms with van der Waals surface area (Å²) in [5.41, 5.74) is 4.17. The van der Waals surface area contributed by atoms with Gasteiger partial charge >= 0.3 is 0 Å². The maximum Gasteiger partial charge on any atom is 0.126 e. The maximum absolute atomic E-state index is 13.5. The molecule has 1 atom stereocenters. The molecule has 0 spiro atoms. The van der Waals surface area contributed by atoms with Crippen molar-refractivity contribution in [1.29, 1.82) is 0 Å². The van der Waals surface area contributed by atoms with Gasteiger partial charge in [0.1, 0.15) is 5.82 Å². The van der Waals surface area contributed by atoms with E-state index in [9.17, 15) is 4.39 Å². The van der Waals surface area contributed by atoms with Gasteiger partial charge in [-0.05, 0) is 61.2 Å². The van der Waals surface area contributed by atoms with Gasteiger partial charge in [0.15, 0.2) is 0 Å². The molecule has 1 N–H and O–H groups in total. The molecule has 0 fully saturated rings. The maximum atomic E-state index is 13.5. The molecule has 1 unspecified atom stereocenters. The van der Waals surface area contributed by atoms with Crippen molar-refractivity contribution in [2.45, 2.75) is 33.2 Å². The second-order valence-corrected chi connectivity index (χ2v) is 6.28. The summed E-state index contributed by atoms with van der Waals surface area (Å²) < 4.78 is 14.6. The highest BCUT2D eigenvalue weighted by Gasteiger charge is 2.17. The molecule has 21 heavy (non-hydrogen) atoms. The molecule has 0 heterocycles. The van der Waals surface area contributed by atoms with Crippen LogP contribution in [-0.4, -0.2) is 6.54 Å². The molecule has 3 heteroatoms. The third-order valence-corrected chi connectivity index (χ3v) is 4.27. The third kappa shape index (κ3) is 3.92. The minimum atomic E-state index is -0.157. The summed E-state index contributed by atoms with van der Waals surface area (Å²) in [5.74, 6) is -0.157. The van der Waals surface area contributed by atoms with Crippen molar-refractivity contribution < 1.29 is 4.39 Å². The van der Waals surface area contributed by atoms with Crippen LogP contribution in [0, 0.1) is 19.7 Å². The van der Waals surface area contributed by atoms with E-state index in [-0.39, 0.29) is 11.9 Å². The minimum absolute atomic E-state index is 0.0687. The van der Waals surface area contributed by atoms with Gasteiger partial charge in [-0.1, -0.05) is 47.1 Å². The van der Waals surface area contributed by atoms with E-state index in [4.69, 9.17) is 0 Å². The van der Waals surface area contributed by atoms with Crippen molar-refractivity contribution >= 4 is 15.9 Å². The zero-order chi connectivity index (χ0) is 15.4. The van der Waals surface area contributed by atoms with Crippen molar-refractivity contribution in [2.24, 2.45) is 0 Å². The topological polar surface area (TPSA) is 12.0 Å². The summed E-state index contributed by atoms with van der Waals surface area (Å²) in [7, 11) is 0. The van der Waals surface area contributed by atoms with E-state index in [1.165, 1.54) is 11.1 Å². The van der Waals surface area contributed by atoms with Crippen LogP contribution in [0.5, 0.6) is 0 Å². The van der Waals surface area contributed by atoms with E-state index in [0.29, 0.717) is 5.56 Å². The number of rotatable bonds is 5. The Kier molecular flexibility index (Phi) is 5.54. The number of hydrogen-bond acceptors (Lipinski definition) is 1. The van der Waals surface area contributed by atoms with E-state index >= 15 is 0 Å². The van der Waals surface area contributed by atoms with Crippen LogP contribution in [-0.2, 0) is 0 Å². The summed E-state index contributed by atoms with van der Waals surface area (Å²) in [6.45, 7) is 6.94. The van der Waals surface area contributed by atoms with Crippen LogP contribution < -0.4 is 5.32 Å². The van der Waals surface area contributed by atoms with Crippen LogP contribution in [0.25, 0.3) is 0 Å². The molecule has 1 nitrogen and oxygen atoms in total. The van der Waals surface area contributed by atoms with E-state index in [1.54, 1.807) is 13.0 Å². The van der Waals surface area contributed by atoms with Crippen LogP contribution in [0.15, 0.2) is 40.9 Å². The second-order valence-electron chi connectivity index (χ2n) is 5.42. The molecule has 0 amide bonds. The molecule has 112 valence electrons. The number of benzene rings is 2. The second kappa shape index (κ2) is 7.19. The van der Waals surface area contributed by atoms with Gasteiger partial charge in [0.25, 0.3) is 0 Å². The third-order valence-electron chi connectivity index (χ3n) is 3.58. The van der Waals surface area contributed by atoms with Gasteiger partial charge in [0, 0.05) is 4.47 Å². The molecule has 0 aromatic heterocycles. The minimum Gasteiger partial charge on any atom is -0.306 e. The average Bonchev–Trinajstić information content (AvgIpc) is 2.44. The van der Waals surface area contributed by atoms with E-state index < -0.39 is 0 Å². The fourth-order valence-corrected chi connectivity index (χ4v) is 3.13. The SMILES string of the molecule is CCCNC(c1ccc(F)c(C)c1)c1ccc(C)cc1Br. The lowest BCUT2D eigenvalue weighted by molar-refractivity contribution is 0.588. The first-order chi connectivity index (χ1) is 10.0. The molecular formula is C18H21BrFN. The lowest BCUT2D eigenvalue weighted by Crippen LogP contribution is -2.23. The van der Waals surface area contributed by atoms with Gasteiger partial charge in [-0.3, -0.25) is 0 Å². The van der Waals surface area contributed by atoms with Crippen LogP contribution in [0.3, 0.4) is 0 Å². The Morgan fingerprint density at radius 1 is 1.14 bits per heavy atom. The number of nitrogens with one attached hydrogen (secondary N) is 1. The van der Waals surface area contributed by atoms with Crippen LogP contribution in [0.1, 0.15) is 41.6 Å². The Morgan fingerprint density at radius 3 is 2.52 bits per heavy atom. The Bertz CT molecular complexity index is 625. The standard InChI is InChI=1S/C18H21BrFN/c1-4-9-21-18(14-6-8-17(20)13(3)11-14)15-7-5-12(2)10-16(15)19/h5-8,10-11,18,21H,4,9H2,1-3H3. The summed E-state index contributed by atoms with van der Waals surface area (Å²) in [6, 6.07) is 11.8. The Hall–Kier alpha value is -1.19. The summed E-state index contributed by atoms with van der Waals surface area (Å²) >= 11 is 3.66. The van der Waals surface area contributed by atoms with Crippen LogP contribution in [0.2, 0.25) is 0 Å². The van der Waals surface area contributed by atoms with Crippen molar-refractivity contribution in [1.82, 2.24) is 5.32 Å². The highest BCUT2D eigenvalue weighted by atomic mass is 79.9. The molecule has 0 radical (unpaired) electrons. The Labute approximate surface area is 134 Å². The molecular weight excluding hydrogens is 329 g/mol. The van der Waals surface area contributed by atoms with E-state index in [2.05, 4.69) is 53.3 Å². The zero-order valence-electron chi connectivity index (χ0n) is 12.7. The van der Waals surface area contributed by atoms with E-state index in [0.717, 1.165) is 23.0 Å². The monoisotopic (exact) mass is 349 g/mol. The van der Waals surface area contributed by atoms with Crippen LogP contribution >= 0.6 is 15.9 Å². The number of aryl methyl sites for hydroxylation is 2. The Morgan fingerprint density at radius 2 is 1.90 bits per heavy atom. The molecule has 0 aliphatic carbocycles. The van der Waals surface area contributed by atoms with Crippen molar-refractivity contribution in [2.75, 3.05) is 6.54 Å². The zero-order valence-corrected chi connectivity index (χ0v) is 14.3. The largest absolute Gasteiger partial charge is 0.306 e.